The lowest BCUT2D eigenvalue weighted by Crippen LogP contribution is -2.51. The summed E-state index contributed by atoms with van der Waals surface area (Å²) in [6.07, 6.45) is 1.42. The van der Waals surface area contributed by atoms with Gasteiger partial charge in [0.2, 0.25) is 0 Å². The number of methoxy groups -OCH3 is 1. The summed E-state index contributed by atoms with van der Waals surface area (Å²) in [4.78, 5) is 12.3. The summed E-state index contributed by atoms with van der Waals surface area (Å²) in [6.45, 7) is 0. The van der Waals surface area contributed by atoms with Crippen LogP contribution in [0, 0.1) is 5.92 Å². The SMILES string of the molecule is COC(=O)C1CC(N)(c2cccs2)C1. The summed E-state index contributed by atoms with van der Waals surface area (Å²) in [7, 11) is 1.42. The molecule has 0 unspecified atom stereocenters. The third-order valence-corrected chi connectivity index (χ3v) is 3.86. The molecule has 0 bridgehead atoms. The summed E-state index contributed by atoms with van der Waals surface area (Å²) in [5.74, 6) is -0.144. The molecule has 0 saturated heterocycles. The number of hydrogen-bond acceptors (Lipinski definition) is 4. The lowest BCUT2D eigenvalue weighted by Gasteiger charge is -2.42. The fourth-order valence-electron chi connectivity index (χ4n) is 1.92. The predicted molar refractivity (Wildman–Crippen MR) is 54.9 cm³/mol. The molecule has 1 aliphatic rings. The highest BCUT2D eigenvalue weighted by Gasteiger charge is 2.46. The Morgan fingerprint density at radius 2 is 2.43 bits per heavy atom. The zero-order chi connectivity index (χ0) is 10.2. The second kappa shape index (κ2) is 3.37. The van der Waals surface area contributed by atoms with Gasteiger partial charge in [0.1, 0.15) is 0 Å². The number of ether oxygens (including phenoxy) is 1. The van der Waals surface area contributed by atoms with Crippen molar-refractivity contribution in [3.63, 3.8) is 0 Å². The van der Waals surface area contributed by atoms with E-state index in [1.807, 2.05) is 17.5 Å². The molecule has 0 aromatic carbocycles. The van der Waals surface area contributed by atoms with Crippen LogP contribution in [0.4, 0.5) is 0 Å². The summed E-state index contributed by atoms with van der Waals surface area (Å²) >= 11 is 1.65. The van der Waals surface area contributed by atoms with Crippen molar-refractivity contribution in [3.05, 3.63) is 22.4 Å². The molecule has 1 heterocycles. The molecule has 2 N–H and O–H groups in total. The minimum atomic E-state index is -0.285. The first-order chi connectivity index (χ1) is 6.65. The van der Waals surface area contributed by atoms with Crippen molar-refractivity contribution in [3.8, 4) is 0 Å². The van der Waals surface area contributed by atoms with Crippen molar-refractivity contribution in [1.82, 2.24) is 0 Å². The van der Waals surface area contributed by atoms with Gasteiger partial charge >= 0.3 is 5.97 Å². The zero-order valence-electron chi connectivity index (χ0n) is 8.03. The van der Waals surface area contributed by atoms with Crippen LogP contribution in [0.15, 0.2) is 17.5 Å². The van der Waals surface area contributed by atoms with Crippen LogP contribution < -0.4 is 5.73 Å². The van der Waals surface area contributed by atoms with E-state index in [1.165, 1.54) is 7.11 Å². The molecule has 0 radical (unpaired) electrons. The Labute approximate surface area is 86.9 Å². The van der Waals surface area contributed by atoms with Gasteiger partial charge in [0.25, 0.3) is 0 Å². The molecule has 1 fully saturated rings. The number of esters is 1. The highest BCUT2D eigenvalue weighted by Crippen LogP contribution is 2.45. The monoisotopic (exact) mass is 211 g/mol. The standard InChI is InChI=1S/C10H13NO2S/c1-13-9(12)7-5-10(11,6-7)8-3-2-4-14-8/h2-4,7H,5-6,11H2,1H3. The lowest BCUT2D eigenvalue weighted by molar-refractivity contribution is -0.151. The second-order valence-electron chi connectivity index (χ2n) is 3.76. The highest BCUT2D eigenvalue weighted by molar-refractivity contribution is 7.10. The zero-order valence-corrected chi connectivity index (χ0v) is 8.84. The van der Waals surface area contributed by atoms with Crippen LogP contribution in [0.2, 0.25) is 0 Å². The van der Waals surface area contributed by atoms with Crippen LogP contribution in [0.25, 0.3) is 0 Å². The van der Waals surface area contributed by atoms with E-state index in [0.29, 0.717) is 12.8 Å². The molecule has 0 aliphatic heterocycles. The lowest BCUT2D eigenvalue weighted by atomic mass is 9.68. The summed E-state index contributed by atoms with van der Waals surface area (Å²) < 4.78 is 4.67. The number of nitrogens with two attached hydrogens (primary N) is 1. The Morgan fingerprint density at radius 1 is 1.71 bits per heavy atom. The van der Waals surface area contributed by atoms with Crippen molar-refractivity contribution in [2.24, 2.45) is 11.7 Å². The van der Waals surface area contributed by atoms with Gasteiger partial charge in [0.15, 0.2) is 0 Å². The van der Waals surface area contributed by atoms with E-state index in [0.717, 1.165) is 4.88 Å². The average Bonchev–Trinajstić information content (AvgIpc) is 2.64. The van der Waals surface area contributed by atoms with E-state index in [2.05, 4.69) is 4.74 Å². The maximum absolute atomic E-state index is 11.2. The minimum Gasteiger partial charge on any atom is -0.469 e. The summed E-state index contributed by atoms with van der Waals surface area (Å²) in [6, 6.07) is 4.01. The van der Waals surface area contributed by atoms with Crippen LogP contribution in [-0.2, 0) is 15.1 Å². The van der Waals surface area contributed by atoms with Gasteiger partial charge in [0, 0.05) is 4.88 Å². The highest BCUT2D eigenvalue weighted by atomic mass is 32.1. The molecule has 76 valence electrons. The number of rotatable bonds is 2. The van der Waals surface area contributed by atoms with Gasteiger partial charge in [-0.25, -0.2) is 0 Å². The maximum atomic E-state index is 11.2. The number of carbonyl (C=O) groups is 1. The molecule has 1 saturated carbocycles. The van der Waals surface area contributed by atoms with Crippen molar-refractivity contribution in [2.45, 2.75) is 18.4 Å². The van der Waals surface area contributed by atoms with Crippen LogP contribution >= 0.6 is 11.3 Å². The Hall–Kier alpha value is -0.870. The summed E-state index contributed by atoms with van der Waals surface area (Å²) in [5.41, 5.74) is 5.87. The predicted octanol–water partition coefficient (Wildman–Crippen LogP) is 1.49. The Kier molecular flexibility index (Phi) is 2.33. The molecule has 0 spiro atoms. The molecule has 1 aromatic heterocycles. The van der Waals surface area contributed by atoms with E-state index in [9.17, 15) is 4.79 Å². The molecule has 14 heavy (non-hydrogen) atoms. The van der Waals surface area contributed by atoms with Crippen LogP contribution in [0.5, 0.6) is 0 Å². The first kappa shape index (κ1) is 9.68. The molecule has 0 atom stereocenters. The van der Waals surface area contributed by atoms with Gasteiger partial charge in [-0.1, -0.05) is 6.07 Å². The fraction of sp³-hybridized carbons (Fsp3) is 0.500. The van der Waals surface area contributed by atoms with Gasteiger partial charge < -0.3 is 10.5 Å². The molecule has 4 heteroatoms. The second-order valence-corrected chi connectivity index (χ2v) is 4.71. The van der Waals surface area contributed by atoms with Crippen molar-refractivity contribution in [1.29, 1.82) is 0 Å². The largest absolute Gasteiger partial charge is 0.469 e. The topological polar surface area (TPSA) is 52.3 Å². The smallest absolute Gasteiger partial charge is 0.308 e. The number of thiophene rings is 1. The quantitative estimate of drug-likeness (QED) is 0.754. The maximum Gasteiger partial charge on any atom is 0.308 e. The number of carbonyl (C=O) groups excluding carboxylic acids is 1. The molecule has 1 aliphatic carbocycles. The molecule has 2 rings (SSSR count). The molecular weight excluding hydrogens is 198 g/mol. The van der Waals surface area contributed by atoms with Gasteiger partial charge in [-0.3, -0.25) is 4.79 Å². The van der Waals surface area contributed by atoms with E-state index in [1.54, 1.807) is 11.3 Å². The van der Waals surface area contributed by atoms with Crippen molar-refractivity contribution < 1.29 is 9.53 Å². The fourth-order valence-corrected chi connectivity index (χ4v) is 2.78. The summed E-state index contributed by atoms with van der Waals surface area (Å²) in [5, 5.41) is 2.01. The van der Waals surface area contributed by atoms with Gasteiger partial charge in [-0.2, -0.15) is 0 Å². The normalized spacial score (nSPS) is 30.9. The Balaban J connectivity index is 2.02. The van der Waals surface area contributed by atoms with E-state index in [-0.39, 0.29) is 17.4 Å². The Morgan fingerprint density at radius 3 is 2.93 bits per heavy atom. The number of hydrogen-bond donors (Lipinski definition) is 1. The molecule has 1 aromatic rings. The van der Waals surface area contributed by atoms with E-state index in [4.69, 9.17) is 5.73 Å². The minimum absolute atomic E-state index is 0.00731. The van der Waals surface area contributed by atoms with Crippen LogP contribution in [0.3, 0.4) is 0 Å². The van der Waals surface area contributed by atoms with Crippen molar-refractivity contribution >= 4 is 17.3 Å². The molecular formula is C10H13NO2S. The molecule has 0 amide bonds. The Bertz CT molecular complexity index is 328. The van der Waals surface area contributed by atoms with Crippen molar-refractivity contribution in [2.75, 3.05) is 7.11 Å². The van der Waals surface area contributed by atoms with E-state index < -0.39 is 0 Å². The third kappa shape index (κ3) is 1.44. The average molecular weight is 211 g/mol. The first-order valence-electron chi connectivity index (χ1n) is 4.56. The van der Waals surface area contributed by atoms with Gasteiger partial charge in [-0.15, -0.1) is 11.3 Å². The third-order valence-electron chi connectivity index (χ3n) is 2.77. The van der Waals surface area contributed by atoms with E-state index >= 15 is 0 Å². The van der Waals surface area contributed by atoms with Crippen LogP contribution in [0.1, 0.15) is 17.7 Å². The van der Waals surface area contributed by atoms with Gasteiger partial charge in [0.05, 0.1) is 18.6 Å². The van der Waals surface area contributed by atoms with Gasteiger partial charge in [-0.05, 0) is 24.3 Å². The first-order valence-corrected chi connectivity index (χ1v) is 5.44. The molecule has 3 nitrogen and oxygen atoms in total. The van der Waals surface area contributed by atoms with Crippen LogP contribution in [-0.4, -0.2) is 13.1 Å².